The third-order valence-electron chi connectivity index (χ3n) is 6.49. The number of carbonyl (C=O) groups is 2. The van der Waals surface area contributed by atoms with Gasteiger partial charge in [0.1, 0.15) is 12.4 Å². The summed E-state index contributed by atoms with van der Waals surface area (Å²) >= 11 is 0. The molecule has 1 unspecified atom stereocenters. The number of aryl methyl sites for hydroxylation is 1. The number of fused-ring (bicyclic) bond motifs is 1. The molecule has 0 aliphatic rings. The van der Waals surface area contributed by atoms with Crippen LogP contribution in [0.15, 0.2) is 78.9 Å². The zero-order valence-electron chi connectivity index (χ0n) is 21.4. The lowest BCUT2D eigenvalue weighted by Gasteiger charge is -2.28. The Morgan fingerprint density at radius 3 is 2.31 bits per heavy atom. The summed E-state index contributed by atoms with van der Waals surface area (Å²) < 4.78 is 1.94. The summed E-state index contributed by atoms with van der Waals surface area (Å²) in [6.45, 7) is 8.68. The van der Waals surface area contributed by atoms with Crippen LogP contribution in [0.25, 0.3) is 11.0 Å². The van der Waals surface area contributed by atoms with E-state index < -0.39 is 0 Å². The average Bonchev–Trinajstić information content (AvgIpc) is 3.23. The molecular formula is C30H34N4O2. The van der Waals surface area contributed by atoms with Crippen molar-refractivity contribution in [2.45, 2.75) is 59.3 Å². The highest BCUT2D eigenvalue weighted by Gasteiger charge is 2.23. The van der Waals surface area contributed by atoms with Crippen molar-refractivity contribution in [1.29, 1.82) is 0 Å². The number of rotatable bonds is 9. The first-order valence-electron chi connectivity index (χ1n) is 12.5. The highest BCUT2D eigenvalue weighted by atomic mass is 16.2. The fraction of sp³-hybridized carbons (Fsp3) is 0.300. The molecule has 0 bridgehead atoms. The number of hydrogen-bond acceptors (Lipinski definition) is 3. The Morgan fingerprint density at radius 2 is 1.58 bits per heavy atom. The second-order valence-electron chi connectivity index (χ2n) is 9.54. The summed E-state index contributed by atoms with van der Waals surface area (Å²) in [7, 11) is 0. The van der Waals surface area contributed by atoms with Gasteiger partial charge >= 0.3 is 0 Å². The number of aromatic nitrogens is 2. The normalized spacial score (nSPS) is 12.0. The quantitative estimate of drug-likeness (QED) is 0.356. The Kier molecular flexibility index (Phi) is 7.84. The summed E-state index contributed by atoms with van der Waals surface area (Å²) in [5, 5.41) is 3.09. The van der Waals surface area contributed by atoms with Crippen LogP contribution in [0, 0.1) is 6.92 Å². The molecule has 0 saturated heterocycles. The van der Waals surface area contributed by atoms with Crippen molar-refractivity contribution in [3.05, 3.63) is 101 Å². The predicted octanol–water partition coefficient (Wildman–Crippen LogP) is 5.20. The number of para-hydroxylation sites is 2. The number of nitrogens with zero attached hydrogens (tertiary/aromatic N) is 3. The van der Waals surface area contributed by atoms with E-state index in [1.807, 2.05) is 116 Å². The van der Waals surface area contributed by atoms with Crippen molar-refractivity contribution in [1.82, 2.24) is 19.8 Å². The molecule has 1 atom stereocenters. The maximum Gasteiger partial charge on any atom is 0.243 e. The van der Waals surface area contributed by atoms with E-state index in [9.17, 15) is 9.59 Å². The molecule has 186 valence electrons. The van der Waals surface area contributed by atoms with Crippen molar-refractivity contribution < 1.29 is 9.59 Å². The van der Waals surface area contributed by atoms with Gasteiger partial charge in [0, 0.05) is 12.6 Å². The van der Waals surface area contributed by atoms with Gasteiger partial charge in [-0.25, -0.2) is 4.98 Å². The third-order valence-corrected chi connectivity index (χ3v) is 6.49. The second kappa shape index (κ2) is 11.2. The molecule has 0 radical (unpaired) electrons. The highest BCUT2D eigenvalue weighted by Crippen LogP contribution is 2.22. The molecular weight excluding hydrogens is 448 g/mol. The van der Waals surface area contributed by atoms with Gasteiger partial charge in [0.2, 0.25) is 11.8 Å². The first kappa shape index (κ1) is 25.2. The summed E-state index contributed by atoms with van der Waals surface area (Å²) in [6, 6.07) is 25.4. The number of nitrogens with one attached hydrogen (secondary N) is 1. The molecule has 6 heteroatoms. The van der Waals surface area contributed by atoms with E-state index in [0.29, 0.717) is 18.8 Å². The standard InChI is InChI=1S/C30H34N4O2/c1-21(2)33(19-24-13-6-5-7-14-24)29(36)20-34-27-17-11-10-16-26(27)32-30(34)23(4)31-28(35)18-25-15-9-8-12-22(25)3/h5-17,21,23H,18-20H2,1-4H3,(H,31,35). The van der Waals surface area contributed by atoms with E-state index in [-0.39, 0.29) is 30.4 Å². The monoisotopic (exact) mass is 482 g/mol. The van der Waals surface area contributed by atoms with Gasteiger partial charge in [-0.3, -0.25) is 9.59 Å². The second-order valence-corrected chi connectivity index (χ2v) is 9.54. The summed E-state index contributed by atoms with van der Waals surface area (Å²) in [5.74, 6) is 0.609. The van der Waals surface area contributed by atoms with Crippen molar-refractivity contribution in [2.24, 2.45) is 0 Å². The lowest BCUT2D eigenvalue weighted by Crippen LogP contribution is -2.39. The molecule has 1 aromatic heterocycles. The van der Waals surface area contributed by atoms with E-state index in [2.05, 4.69) is 5.32 Å². The van der Waals surface area contributed by atoms with Crippen LogP contribution in [0.5, 0.6) is 0 Å². The van der Waals surface area contributed by atoms with Gasteiger partial charge in [0.25, 0.3) is 0 Å². The van der Waals surface area contributed by atoms with Crippen LogP contribution >= 0.6 is 0 Å². The molecule has 0 spiro atoms. The van der Waals surface area contributed by atoms with Gasteiger partial charge in [-0.2, -0.15) is 0 Å². The van der Waals surface area contributed by atoms with Gasteiger partial charge < -0.3 is 14.8 Å². The minimum Gasteiger partial charge on any atom is -0.346 e. The Labute approximate surface area is 213 Å². The zero-order valence-corrected chi connectivity index (χ0v) is 21.4. The molecule has 0 aliphatic heterocycles. The third kappa shape index (κ3) is 5.82. The van der Waals surface area contributed by atoms with E-state index in [1.165, 1.54) is 0 Å². The average molecular weight is 483 g/mol. The van der Waals surface area contributed by atoms with Gasteiger partial charge in [-0.05, 0) is 56.5 Å². The van der Waals surface area contributed by atoms with Crippen LogP contribution in [0.1, 0.15) is 49.3 Å². The van der Waals surface area contributed by atoms with Gasteiger partial charge in [-0.15, -0.1) is 0 Å². The van der Waals surface area contributed by atoms with Crippen molar-refractivity contribution >= 4 is 22.8 Å². The fourth-order valence-corrected chi connectivity index (χ4v) is 4.49. The van der Waals surface area contributed by atoms with Crippen LogP contribution < -0.4 is 5.32 Å². The van der Waals surface area contributed by atoms with Crippen molar-refractivity contribution in [3.63, 3.8) is 0 Å². The minimum absolute atomic E-state index is 0.0108. The van der Waals surface area contributed by atoms with Crippen LogP contribution in [-0.2, 0) is 29.1 Å². The van der Waals surface area contributed by atoms with Gasteiger partial charge in [-0.1, -0.05) is 66.7 Å². The molecule has 4 aromatic rings. The van der Waals surface area contributed by atoms with E-state index in [1.54, 1.807) is 0 Å². The minimum atomic E-state index is -0.358. The Balaban J connectivity index is 1.57. The number of imidazole rings is 1. The largest absolute Gasteiger partial charge is 0.346 e. The molecule has 2 amide bonds. The first-order chi connectivity index (χ1) is 17.3. The fourth-order valence-electron chi connectivity index (χ4n) is 4.49. The SMILES string of the molecule is Cc1ccccc1CC(=O)NC(C)c1nc2ccccc2n1CC(=O)N(Cc1ccccc1)C(C)C. The number of benzene rings is 3. The van der Waals surface area contributed by atoms with Gasteiger partial charge in [0.05, 0.1) is 23.5 Å². The molecule has 36 heavy (non-hydrogen) atoms. The van der Waals surface area contributed by atoms with Crippen LogP contribution in [0.4, 0.5) is 0 Å². The molecule has 0 fully saturated rings. The summed E-state index contributed by atoms with van der Waals surface area (Å²) in [6.07, 6.45) is 0.300. The molecule has 6 nitrogen and oxygen atoms in total. The molecule has 4 rings (SSSR count). The number of carbonyl (C=O) groups excluding carboxylic acids is 2. The molecule has 0 saturated carbocycles. The maximum atomic E-state index is 13.6. The highest BCUT2D eigenvalue weighted by molar-refractivity contribution is 5.82. The van der Waals surface area contributed by atoms with Crippen molar-refractivity contribution in [2.75, 3.05) is 0 Å². The zero-order chi connectivity index (χ0) is 25.7. The van der Waals surface area contributed by atoms with Crippen LogP contribution in [0.2, 0.25) is 0 Å². The molecule has 0 aliphatic carbocycles. The summed E-state index contributed by atoms with van der Waals surface area (Å²) in [5.41, 5.74) is 4.86. The van der Waals surface area contributed by atoms with Crippen molar-refractivity contribution in [3.8, 4) is 0 Å². The lowest BCUT2D eigenvalue weighted by atomic mass is 10.1. The Morgan fingerprint density at radius 1 is 0.917 bits per heavy atom. The molecule has 1 N–H and O–H groups in total. The van der Waals surface area contributed by atoms with E-state index >= 15 is 0 Å². The van der Waals surface area contributed by atoms with Gasteiger partial charge in [0.15, 0.2) is 0 Å². The lowest BCUT2D eigenvalue weighted by molar-refractivity contribution is -0.134. The van der Waals surface area contributed by atoms with E-state index in [0.717, 1.165) is 27.7 Å². The molecule has 3 aromatic carbocycles. The number of hydrogen-bond donors (Lipinski definition) is 1. The Bertz CT molecular complexity index is 1340. The number of amides is 2. The predicted molar refractivity (Wildman–Crippen MR) is 143 cm³/mol. The smallest absolute Gasteiger partial charge is 0.243 e. The first-order valence-corrected chi connectivity index (χ1v) is 12.5. The maximum absolute atomic E-state index is 13.6. The van der Waals surface area contributed by atoms with Crippen LogP contribution in [-0.4, -0.2) is 32.3 Å². The van der Waals surface area contributed by atoms with Crippen LogP contribution in [0.3, 0.4) is 0 Å². The Hall–Kier alpha value is -3.93. The molecule has 1 heterocycles. The topological polar surface area (TPSA) is 67.2 Å². The van der Waals surface area contributed by atoms with E-state index in [4.69, 9.17) is 4.98 Å². The summed E-state index contributed by atoms with van der Waals surface area (Å²) in [4.78, 5) is 33.1.